The molecular formula is C11H15ClN2O2. The molecule has 0 fully saturated rings. The SMILES string of the molecule is Cc1cc(OCC(=O)NCCN)ccc1Cl. The normalized spacial score (nSPS) is 9.94. The zero-order valence-electron chi connectivity index (χ0n) is 9.13. The summed E-state index contributed by atoms with van der Waals surface area (Å²) in [6.45, 7) is 2.75. The van der Waals surface area contributed by atoms with E-state index in [0.29, 0.717) is 23.9 Å². The third-order valence-electron chi connectivity index (χ3n) is 1.97. The number of rotatable bonds is 5. The van der Waals surface area contributed by atoms with Crippen molar-refractivity contribution < 1.29 is 9.53 Å². The number of nitrogens with one attached hydrogen (secondary N) is 1. The zero-order chi connectivity index (χ0) is 12.0. The predicted octanol–water partition coefficient (Wildman–Crippen LogP) is 1.10. The second kappa shape index (κ2) is 6.35. The summed E-state index contributed by atoms with van der Waals surface area (Å²) >= 11 is 5.86. The number of hydrogen-bond acceptors (Lipinski definition) is 3. The van der Waals surface area contributed by atoms with Gasteiger partial charge in [0.2, 0.25) is 0 Å². The number of hydrogen-bond donors (Lipinski definition) is 2. The van der Waals surface area contributed by atoms with Gasteiger partial charge in [-0.15, -0.1) is 0 Å². The lowest BCUT2D eigenvalue weighted by atomic mass is 10.2. The van der Waals surface area contributed by atoms with Gasteiger partial charge in [0.15, 0.2) is 6.61 Å². The van der Waals surface area contributed by atoms with Crippen LogP contribution in [-0.4, -0.2) is 25.6 Å². The van der Waals surface area contributed by atoms with E-state index in [1.807, 2.05) is 6.92 Å². The van der Waals surface area contributed by atoms with Gasteiger partial charge in [-0.1, -0.05) is 11.6 Å². The molecule has 88 valence electrons. The van der Waals surface area contributed by atoms with E-state index < -0.39 is 0 Å². The summed E-state index contributed by atoms with van der Waals surface area (Å²) in [6.07, 6.45) is 0. The Morgan fingerprint density at radius 3 is 2.94 bits per heavy atom. The third-order valence-corrected chi connectivity index (χ3v) is 2.39. The van der Waals surface area contributed by atoms with Gasteiger partial charge in [0, 0.05) is 18.1 Å². The van der Waals surface area contributed by atoms with E-state index >= 15 is 0 Å². The van der Waals surface area contributed by atoms with Crippen LogP contribution in [0.2, 0.25) is 5.02 Å². The fourth-order valence-electron chi connectivity index (χ4n) is 1.12. The van der Waals surface area contributed by atoms with Crippen LogP contribution >= 0.6 is 11.6 Å². The van der Waals surface area contributed by atoms with Crippen molar-refractivity contribution in [3.8, 4) is 5.75 Å². The molecule has 0 saturated heterocycles. The quantitative estimate of drug-likeness (QED) is 0.813. The van der Waals surface area contributed by atoms with Gasteiger partial charge < -0.3 is 15.8 Å². The van der Waals surface area contributed by atoms with Crippen LogP contribution in [0.3, 0.4) is 0 Å². The Hall–Kier alpha value is -1.26. The van der Waals surface area contributed by atoms with E-state index in [-0.39, 0.29) is 12.5 Å². The second-order valence-electron chi connectivity index (χ2n) is 3.34. The van der Waals surface area contributed by atoms with Crippen molar-refractivity contribution in [3.05, 3.63) is 28.8 Å². The van der Waals surface area contributed by atoms with Gasteiger partial charge in [0.1, 0.15) is 5.75 Å². The predicted molar refractivity (Wildman–Crippen MR) is 63.7 cm³/mol. The van der Waals surface area contributed by atoms with Crippen molar-refractivity contribution in [1.82, 2.24) is 5.32 Å². The highest BCUT2D eigenvalue weighted by molar-refractivity contribution is 6.31. The van der Waals surface area contributed by atoms with Crippen LogP contribution in [0.25, 0.3) is 0 Å². The van der Waals surface area contributed by atoms with E-state index in [4.69, 9.17) is 22.1 Å². The van der Waals surface area contributed by atoms with Crippen LogP contribution in [0.4, 0.5) is 0 Å². The van der Waals surface area contributed by atoms with E-state index in [1.165, 1.54) is 0 Å². The molecule has 0 atom stereocenters. The summed E-state index contributed by atoms with van der Waals surface area (Å²) in [5, 5.41) is 3.29. The lowest BCUT2D eigenvalue weighted by Gasteiger charge is -2.07. The van der Waals surface area contributed by atoms with Crippen LogP contribution in [-0.2, 0) is 4.79 Å². The molecule has 1 aromatic carbocycles. The third kappa shape index (κ3) is 4.08. The van der Waals surface area contributed by atoms with Crippen molar-refractivity contribution >= 4 is 17.5 Å². The summed E-state index contributed by atoms with van der Waals surface area (Å²) in [4.78, 5) is 11.2. The van der Waals surface area contributed by atoms with Crippen molar-refractivity contribution in [2.45, 2.75) is 6.92 Å². The number of nitrogens with two attached hydrogens (primary N) is 1. The average Bonchev–Trinajstić information content (AvgIpc) is 2.28. The van der Waals surface area contributed by atoms with Gasteiger partial charge >= 0.3 is 0 Å². The number of carbonyl (C=O) groups is 1. The standard InChI is InChI=1S/C11H15ClN2O2/c1-8-6-9(2-3-10(8)12)16-7-11(15)14-5-4-13/h2-3,6H,4-5,7,13H2,1H3,(H,14,15). The largest absolute Gasteiger partial charge is 0.484 e. The number of aryl methyl sites for hydroxylation is 1. The Labute approximate surface area is 99.7 Å². The van der Waals surface area contributed by atoms with Crippen LogP contribution in [0.1, 0.15) is 5.56 Å². The van der Waals surface area contributed by atoms with Crippen molar-refractivity contribution in [3.63, 3.8) is 0 Å². The minimum Gasteiger partial charge on any atom is -0.484 e. The molecule has 0 heterocycles. The highest BCUT2D eigenvalue weighted by Crippen LogP contribution is 2.20. The highest BCUT2D eigenvalue weighted by atomic mass is 35.5. The Bertz CT molecular complexity index is 369. The summed E-state index contributed by atoms with van der Waals surface area (Å²) in [7, 11) is 0. The molecule has 1 aromatic rings. The molecule has 0 spiro atoms. The molecule has 0 aliphatic carbocycles. The Morgan fingerprint density at radius 2 is 2.31 bits per heavy atom. The lowest BCUT2D eigenvalue weighted by Crippen LogP contribution is -2.32. The first-order chi connectivity index (χ1) is 7.63. The molecular weight excluding hydrogens is 228 g/mol. The molecule has 0 saturated carbocycles. The minimum absolute atomic E-state index is 0.0128. The fraction of sp³-hybridized carbons (Fsp3) is 0.364. The van der Waals surface area contributed by atoms with E-state index in [1.54, 1.807) is 18.2 Å². The van der Waals surface area contributed by atoms with Gasteiger partial charge in [-0.3, -0.25) is 4.79 Å². The van der Waals surface area contributed by atoms with Crippen LogP contribution < -0.4 is 15.8 Å². The monoisotopic (exact) mass is 242 g/mol. The van der Waals surface area contributed by atoms with Crippen molar-refractivity contribution in [1.29, 1.82) is 0 Å². The summed E-state index contributed by atoms with van der Waals surface area (Å²) in [5.41, 5.74) is 6.17. The lowest BCUT2D eigenvalue weighted by molar-refractivity contribution is -0.123. The van der Waals surface area contributed by atoms with E-state index in [0.717, 1.165) is 5.56 Å². The van der Waals surface area contributed by atoms with Crippen molar-refractivity contribution in [2.24, 2.45) is 5.73 Å². The molecule has 0 unspecified atom stereocenters. The molecule has 0 aliphatic heterocycles. The molecule has 3 N–H and O–H groups in total. The first-order valence-electron chi connectivity index (χ1n) is 4.99. The zero-order valence-corrected chi connectivity index (χ0v) is 9.88. The summed E-state index contributed by atoms with van der Waals surface area (Å²) < 4.78 is 5.29. The smallest absolute Gasteiger partial charge is 0.257 e. The average molecular weight is 243 g/mol. The molecule has 0 aliphatic rings. The number of carbonyl (C=O) groups excluding carboxylic acids is 1. The minimum atomic E-state index is -0.182. The Kier molecular flexibility index (Phi) is 5.08. The second-order valence-corrected chi connectivity index (χ2v) is 3.75. The molecule has 16 heavy (non-hydrogen) atoms. The maximum absolute atomic E-state index is 11.2. The Balaban J connectivity index is 2.42. The molecule has 1 amide bonds. The number of ether oxygens (including phenoxy) is 1. The molecule has 0 radical (unpaired) electrons. The molecule has 0 bridgehead atoms. The molecule has 1 rings (SSSR count). The fourth-order valence-corrected chi connectivity index (χ4v) is 1.24. The summed E-state index contributed by atoms with van der Waals surface area (Å²) in [6, 6.07) is 5.26. The van der Waals surface area contributed by atoms with Gasteiger partial charge in [-0.25, -0.2) is 0 Å². The maximum Gasteiger partial charge on any atom is 0.257 e. The number of amides is 1. The van der Waals surface area contributed by atoms with Gasteiger partial charge in [0.05, 0.1) is 0 Å². The molecule has 4 nitrogen and oxygen atoms in total. The first kappa shape index (κ1) is 12.8. The molecule has 0 aromatic heterocycles. The van der Waals surface area contributed by atoms with E-state index in [2.05, 4.69) is 5.32 Å². The number of benzene rings is 1. The van der Waals surface area contributed by atoms with Gasteiger partial charge in [-0.2, -0.15) is 0 Å². The maximum atomic E-state index is 11.2. The topological polar surface area (TPSA) is 64.3 Å². The highest BCUT2D eigenvalue weighted by Gasteiger charge is 2.02. The number of halogens is 1. The Morgan fingerprint density at radius 1 is 1.56 bits per heavy atom. The summed E-state index contributed by atoms with van der Waals surface area (Å²) in [5.74, 6) is 0.447. The van der Waals surface area contributed by atoms with Crippen molar-refractivity contribution in [2.75, 3.05) is 19.7 Å². The van der Waals surface area contributed by atoms with E-state index in [9.17, 15) is 4.79 Å². The van der Waals surface area contributed by atoms with Crippen LogP contribution in [0.5, 0.6) is 5.75 Å². The molecule has 5 heteroatoms. The van der Waals surface area contributed by atoms with Crippen LogP contribution in [0.15, 0.2) is 18.2 Å². The first-order valence-corrected chi connectivity index (χ1v) is 5.37. The van der Waals surface area contributed by atoms with Crippen LogP contribution in [0, 0.1) is 6.92 Å². The van der Waals surface area contributed by atoms with Gasteiger partial charge in [-0.05, 0) is 30.7 Å². The van der Waals surface area contributed by atoms with Gasteiger partial charge in [0.25, 0.3) is 5.91 Å².